The van der Waals surface area contributed by atoms with E-state index in [0.717, 1.165) is 27.7 Å². The van der Waals surface area contributed by atoms with Gasteiger partial charge in [0.1, 0.15) is 23.4 Å². The maximum atomic E-state index is 8.84. The van der Waals surface area contributed by atoms with Gasteiger partial charge in [-0.2, -0.15) is 5.26 Å². The first kappa shape index (κ1) is 13.9. The number of fused-ring (bicyclic) bond motifs is 1. The quantitative estimate of drug-likeness (QED) is 0.591. The van der Waals surface area contributed by atoms with Crippen LogP contribution < -0.4 is 5.73 Å². The second-order valence-corrected chi connectivity index (χ2v) is 5.30. The second-order valence-electron chi connectivity index (χ2n) is 5.30. The number of benzene rings is 1. The summed E-state index contributed by atoms with van der Waals surface area (Å²) in [6, 6.07) is 15.2. The number of imidazole rings is 1. The molecule has 0 saturated heterocycles. The van der Waals surface area contributed by atoms with Crippen molar-refractivity contribution in [2.24, 2.45) is 0 Å². The van der Waals surface area contributed by atoms with Crippen molar-refractivity contribution < 1.29 is 0 Å². The molecular weight excluding hydrogens is 300 g/mol. The summed E-state index contributed by atoms with van der Waals surface area (Å²) < 4.78 is 0. The minimum absolute atomic E-state index is 0.375. The Morgan fingerprint density at radius 3 is 2.58 bits per heavy atom. The average Bonchev–Trinajstić information content (AvgIpc) is 3.06. The van der Waals surface area contributed by atoms with Crippen molar-refractivity contribution in [2.75, 3.05) is 5.73 Å². The topological polar surface area (TPSA) is 104 Å². The highest BCUT2D eigenvalue weighted by atomic mass is 14.9. The number of hydrogen-bond acceptors (Lipinski definition) is 5. The summed E-state index contributed by atoms with van der Waals surface area (Å²) in [4.78, 5) is 16.2. The van der Waals surface area contributed by atoms with E-state index in [2.05, 4.69) is 19.9 Å². The molecule has 0 atom stereocenters. The fourth-order valence-corrected chi connectivity index (χ4v) is 2.53. The predicted octanol–water partition coefficient (Wildman–Crippen LogP) is 3.14. The number of nitrogen functional groups attached to an aromatic ring is 1. The van der Waals surface area contributed by atoms with Crippen LogP contribution in [0.1, 0.15) is 5.69 Å². The smallest absolute Gasteiger partial charge is 0.142 e. The van der Waals surface area contributed by atoms with E-state index < -0.39 is 0 Å². The molecule has 0 saturated carbocycles. The zero-order chi connectivity index (χ0) is 16.5. The number of nitrogens with zero attached hydrogens (tertiary/aromatic N) is 4. The number of nitrogens with two attached hydrogens (primary N) is 1. The van der Waals surface area contributed by atoms with Gasteiger partial charge in [-0.15, -0.1) is 0 Å². The van der Waals surface area contributed by atoms with Crippen LogP contribution >= 0.6 is 0 Å². The van der Waals surface area contributed by atoms with E-state index in [0.29, 0.717) is 17.3 Å². The highest BCUT2D eigenvalue weighted by Gasteiger charge is 2.11. The Morgan fingerprint density at radius 1 is 1.00 bits per heavy atom. The SMILES string of the molecule is N#Cc1ccc(-c2cnc(N)c(-c3nc4ccccc4[nH]3)c2)cn1. The fraction of sp³-hybridized carbons (Fsp3) is 0. The first-order chi connectivity index (χ1) is 11.7. The first-order valence-electron chi connectivity index (χ1n) is 7.32. The molecule has 114 valence electrons. The van der Waals surface area contributed by atoms with Crippen molar-refractivity contribution in [3.63, 3.8) is 0 Å². The molecule has 3 heterocycles. The third-order valence-corrected chi connectivity index (χ3v) is 3.77. The van der Waals surface area contributed by atoms with Crippen LogP contribution in [-0.2, 0) is 0 Å². The number of H-pyrrole nitrogens is 1. The normalized spacial score (nSPS) is 10.6. The first-order valence-corrected chi connectivity index (χ1v) is 7.32. The van der Waals surface area contributed by atoms with E-state index in [4.69, 9.17) is 11.0 Å². The molecule has 0 spiro atoms. The number of para-hydroxylation sites is 2. The Kier molecular flexibility index (Phi) is 3.18. The second kappa shape index (κ2) is 5.48. The Labute approximate surface area is 137 Å². The van der Waals surface area contributed by atoms with Crippen molar-refractivity contribution in [3.05, 3.63) is 60.6 Å². The molecule has 6 nitrogen and oxygen atoms in total. The third-order valence-electron chi connectivity index (χ3n) is 3.77. The van der Waals surface area contributed by atoms with E-state index in [1.807, 2.05) is 42.5 Å². The molecule has 0 aliphatic carbocycles. The van der Waals surface area contributed by atoms with Crippen LogP contribution in [0.4, 0.5) is 5.82 Å². The molecule has 0 fully saturated rings. The van der Waals surface area contributed by atoms with Gasteiger partial charge in [-0.3, -0.25) is 0 Å². The van der Waals surface area contributed by atoms with Crippen molar-refractivity contribution >= 4 is 16.9 Å². The zero-order valence-corrected chi connectivity index (χ0v) is 12.6. The van der Waals surface area contributed by atoms with Gasteiger partial charge in [0, 0.05) is 23.5 Å². The zero-order valence-electron chi connectivity index (χ0n) is 12.6. The molecule has 1 aromatic carbocycles. The Bertz CT molecular complexity index is 1040. The summed E-state index contributed by atoms with van der Waals surface area (Å²) in [5.74, 6) is 1.07. The summed E-state index contributed by atoms with van der Waals surface area (Å²) in [5.41, 5.74) is 10.7. The fourth-order valence-electron chi connectivity index (χ4n) is 2.53. The third kappa shape index (κ3) is 2.34. The largest absolute Gasteiger partial charge is 0.383 e. The number of aromatic amines is 1. The van der Waals surface area contributed by atoms with Crippen LogP contribution in [0, 0.1) is 11.3 Å². The number of aromatic nitrogens is 4. The molecule has 4 rings (SSSR count). The number of hydrogen-bond donors (Lipinski definition) is 2. The number of nitriles is 1. The molecule has 4 aromatic rings. The molecule has 0 aliphatic heterocycles. The van der Waals surface area contributed by atoms with E-state index >= 15 is 0 Å². The standard InChI is InChI=1S/C18H12N6/c19-8-13-6-5-11(9-21-13)12-7-14(17(20)22-10-12)18-23-15-3-1-2-4-16(15)24-18/h1-7,9-10H,(H2,20,22)(H,23,24). The summed E-state index contributed by atoms with van der Waals surface area (Å²) in [5, 5.41) is 8.84. The maximum absolute atomic E-state index is 8.84. The van der Waals surface area contributed by atoms with Crippen LogP contribution in [0.5, 0.6) is 0 Å². The molecule has 0 unspecified atom stereocenters. The Hall–Kier alpha value is -3.72. The Morgan fingerprint density at radius 2 is 1.83 bits per heavy atom. The van der Waals surface area contributed by atoms with Gasteiger partial charge < -0.3 is 10.7 Å². The molecule has 6 heteroatoms. The van der Waals surface area contributed by atoms with E-state index in [1.165, 1.54) is 0 Å². The van der Waals surface area contributed by atoms with Gasteiger partial charge in [-0.25, -0.2) is 15.0 Å². The van der Waals surface area contributed by atoms with Crippen LogP contribution in [0.3, 0.4) is 0 Å². The molecule has 0 aliphatic rings. The molecule has 3 N–H and O–H groups in total. The molecule has 24 heavy (non-hydrogen) atoms. The van der Waals surface area contributed by atoms with Crippen LogP contribution in [0.2, 0.25) is 0 Å². The number of rotatable bonds is 2. The predicted molar refractivity (Wildman–Crippen MR) is 91.7 cm³/mol. The van der Waals surface area contributed by atoms with E-state index in [9.17, 15) is 0 Å². The number of nitrogens with one attached hydrogen (secondary N) is 1. The van der Waals surface area contributed by atoms with Crippen molar-refractivity contribution in [2.45, 2.75) is 0 Å². The van der Waals surface area contributed by atoms with Crippen molar-refractivity contribution in [1.29, 1.82) is 5.26 Å². The van der Waals surface area contributed by atoms with Gasteiger partial charge in [0.25, 0.3) is 0 Å². The highest BCUT2D eigenvalue weighted by molar-refractivity contribution is 5.83. The lowest BCUT2D eigenvalue weighted by atomic mass is 10.1. The monoisotopic (exact) mass is 312 g/mol. The van der Waals surface area contributed by atoms with Crippen molar-refractivity contribution in [3.8, 4) is 28.6 Å². The lowest BCUT2D eigenvalue weighted by molar-refractivity contribution is 1.25. The van der Waals surface area contributed by atoms with Gasteiger partial charge in [0.15, 0.2) is 0 Å². The van der Waals surface area contributed by atoms with E-state index in [-0.39, 0.29) is 0 Å². The van der Waals surface area contributed by atoms with Gasteiger partial charge in [-0.05, 0) is 30.3 Å². The van der Waals surface area contributed by atoms with Gasteiger partial charge in [0.2, 0.25) is 0 Å². The summed E-state index contributed by atoms with van der Waals surface area (Å²) in [6.45, 7) is 0. The Balaban J connectivity index is 1.82. The molecule has 0 amide bonds. The van der Waals surface area contributed by atoms with Gasteiger partial charge in [0.05, 0.1) is 16.6 Å². The highest BCUT2D eigenvalue weighted by Crippen LogP contribution is 2.29. The lowest BCUT2D eigenvalue weighted by Gasteiger charge is -2.06. The minimum Gasteiger partial charge on any atom is -0.383 e. The molecule has 0 radical (unpaired) electrons. The van der Waals surface area contributed by atoms with E-state index in [1.54, 1.807) is 18.5 Å². The summed E-state index contributed by atoms with van der Waals surface area (Å²) >= 11 is 0. The minimum atomic E-state index is 0.375. The summed E-state index contributed by atoms with van der Waals surface area (Å²) in [6.07, 6.45) is 3.33. The van der Waals surface area contributed by atoms with Gasteiger partial charge in [-0.1, -0.05) is 12.1 Å². The van der Waals surface area contributed by atoms with Gasteiger partial charge >= 0.3 is 0 Å². The molecule has 3 aromatic heterocycles. The average molecular weight is 312 g/mol. The molecule has 0 bridgehead atoms. The summed E-state index contributed by atoms with van der Waals surface area (Å²) in [7, 11) is 0. The number of anilines is 1. The van der Waals surface area contributed by atoms with Crippen LogP contribution in [0.15, 0.2) is 54.9 Å². The van der Waals surface area contributed by atoms with Crippen LogP contribution in [0.25, 0.3) is 33.5 Å². The van der Waals surface area contributed by atoms with Crippen LogP contribution in [-0.4, -0.2) is 19.9 Å². The van der Waals surface area contributed by atoms with Crippen molar-refractivity contribution in [1.82, 2.24) is 19.9 Å². The maximum Gasteiger partial charge on any atom is 0.142 e. The molecular formula is C18H12N6. The lowest BCUT2D eigenvalue weighted by Crippen LogP contribution is -1.96. The number of pyridine rings is 2.